The second-order valence-corrected chi connectivity index (χ2v) is 10.1. The highest BCUT2D eigenvalue weighted by atomic mass is 79.9. The van der Waals surface area contributed by atoms with Gasteiger partial charge in [0.05, 0.1) is 16.5 Å². The Morgan fingerprint density at radius 3 is 2.45 bits per heavy atom. The van der Waals surface area contributed by atoms with Gasteiger partial charge in [-0.2, -0.15) is 0 Å². The van der Waals surface area contributed by atoms with Crippen molar-refractivity contribution in [2.24, 2.45) is 0 Å². The molecule has 1 aliphatic heterocycles. The van der Waals surface area contributed by atoms with E-state index < -0.39 is 0 Å². The van der Waals surface area contributed by atoms with Crippen molar-refractivity contribution < 1.29 is 19.1 Å². The largest absolute Gasteiger partial charge is 0.493 e. The number of methoxy groups -OCH3 is 1. The lowest BCUT2D eigenvalue weighted by Crippen LogP contribution is -2.27. The Morgan fingerprint density at radius 1 is 1.21 bits per heavy atom. The average molecular weight is 550 g/mol. The number of amides is 2. The van der Waals surface area contributed by atoms with Crippen molar-refractivity contribution >= 4 is 67.8 Å². The summed E-state index contributed by atoms with van der Waals surface area (Å²) in [7, 11) is 1.52. The molecule has 0 unspecified atom stereocenters. The normalized spacial score (nSPS) is 14.7. The van der Waals surface area contributed by atoms with Crippen molar-refractivity contribution in [1.29, 1.82) is 0 Å². The van der Waals surface area contributed by atoms with E-state index in [1.54, 1.807) is 17.0 Å². The Kier molecular flexibility index (Phi) is 8.20. The van der Waals surface area contributed by atoms with E-state index in [0.29, 0.717) is 31.7 Å². The Hall–Kier alpha value is -2.36. The van der Waals surface area contributed by atoms with Gasteiger partial charge in [-0.05, 0) is 78.5 Å². The number of anilines is 1. The first kappa shape index (κ1) is 25.3. The van der Waals surface area contributed by atoms with Crippen molar-refractivity contribution in [3.05, 3.63) is 55.9 Å². The molecular formula is C24H25BrN2O4S2. The maximum Gasteiger partial charge on any atom is 0.266 e. The molecule has 0 spiro atoms. The zero-order valence-corrected chi connectivity index (χ0v) is 22.3. The molecule has 0 aromatic heterocycles. The van der Waals surface area contributed by atoms with E-state index in [0.717, 1.165) is 27.9 Å². The van der Waals surface area contributed by atoms with E-state index in [1.807, 2.05) is 45.9 Å². The molecular weight excluding hydrogens is 524 g/mol. The highest BCUT2D eigenvalue weighted by Gasteiger charge is 2.30. The number of carbonyl (C=O) groups excluding carboxylic acids is 2. The lowest BCUT2D eigenvalue weighted by Gasteiger charge is -2.15. The highest BCUT2D eigenvalue weighted by Crippen LogP contribution is 2.39. The van der Waals surface area contributed by atoms with Gasteiger partial charge >= 0.3 is 0 Å². The van der Waals surface area contributed by atoms with Crippen LogP contribution in [0.25, 0.3) is 6.08 Å². The third-order valence-electron chi connectivity index (χ3n) is 5.03. The molecule has 0 saturated carbocycles. The van der Waals surface area contributed by atoms with Crippen LogP contribution in [0.2, 0.25) is 0 Å². The number of hydrogen-bond donors (Lipinski definition) is 1. The summed E-state index contributed by atoms with van der Waals surface area (Å²) in [5.41, 5.74) is 4.68. The number of aryl methyl sites for hydroxylation is 3. The Labute approximate surface area is 211 Å². The molecule has 0 aliphatic carbocycles. The number of thiocarbonyl (C=S) groups is 1. The van der Waals surface area contributed by atoms with Gasteiger partial charge in [-0.25, -0.2) is 0 Å². The molecule has 6 nitrogen and oxygen atoms in total. The minimum absolute atomic E-state index is 0.110. The number of ether oxygens (including phenoxy) is 2. The van der Waals surface area contributed by atoms with Crippen LogP contribution < -0.4 is 14.8 Å². The summed E-state index contributed by atoms with van der Waals surface area (Å²) in [5.74, 6) is 0.466. The third kappa shape index (κ3) is 5.77. The molecule has 2 aromatic rings. The fourth-order valence-electron chi connectivity index (χ4n) is 3.58. The van der Waals surface area contributed by atoms with Gasteiger partial charge in [0.2, 0.25) is 0 Å². The van der Waals surface area contributed by atoms with E-state index in [1.165, 1.54) is 18.9 Å². The maximum absolute atomic E-state index is 12.6. The minimum atomic E-state index is -0.272. The summed E-state index contributed by atoms with van der Waals surface area (Å²) < 4.78 is 12.4. The SMILES string of the molecule is CCN1C(=O)/C(=C/c2cc(Br)c(OCC(=O)Nc3c(C)cc(C)cc3C)c(OC)c2)SC1=S. The number of carbonyl (C=O) groups is 2. The molecule has 2 aromatic carbocycles. The fourth-order valence-corrected chi connectivity index (χ4v) is 5.54. The molecule has 1 heterocycles. The molecule has 9 heteroatoms. The molecule has 174 valence electrons. The van der Waals surface area contributed by atoms with Gasteiger partial charge in [0.25, 0.3) is 11.8 Å². The quantitative estimate of drug-likeness (QED) is 0.357. The molecule has 1 fully saturated rings. The van der Waals surface area contributed by atoms with Crippen molar-refractivity contribution in [3.63, 3.8) is 0 Å². The Balaban J connectivity index is 1.76. The smallest absolute Gasteiger partial charge is 0.266 e. The lowest BCUT2D eigenvalue weighted by atomic mass is 10.1. The number of hydrogen-bond acceptors (Lipinski definition) is 6. The summed E-state index contributed by atoms with van der Waals surface area (Å²) in [6.45, 7) is 8.18. The fraction of sp³-hybridized carbons (Fsp3) is 0.292. The predicted molar refractivity (Wildman–Crippen MR) is 141 cm³/mol. The van der Waals surface area contributed by atoms with Crippen LogP contribution in [0.3, 0.4) is 0 Å². The van der Waals surface area contributed by atoms with Crippen LogP contribution in [0.15, 0.2) is 33.6 Å². The van der Waals surface area contributed by atoms with Gasteiger partial charge in [-0.1, -0.05) is 41.7 Å². The zero-order valence-electron chi connectivity index (χ0n) is 19.1. The van der Waals surface area contributed by atoms with Gasteiger partial charge in [-0.3, -0.25) is 14.5 Å². The first-order valence-corrected chi connectivity index (χ1v) is 12.3. The first-order chi connectivity index (χ1) is 15.6. The molecule has 0 atom stereocenters. The van der Waals surface area contributed by atoms with Crippen molar-refractivity contribution in [3.8, 4) is 11.5 Å². The van der Waals surface area contributed by atoms with E-state index in [9.17, 15) is 9.59 Å². The number of rotatable bonds is 7. The summed E-state index contributed by atoms with van der Waals surface area (Å²) in [5, 5.41) is 2.92. The molecule has 3 rings (SSSR count). The average Bonchev–Trinajstić information content (AvgIpc) is 3.01. The molecule has 1 saturated heterocycles. The van der Waals surface area contributed by atoms with Gasteiger partial charge in [0, 0.05) is 12.2 Å². The second kappa shape index (κ2) is 10.7. The van der Waals surface area contributed by atoms with Crippen LogP contribution in [0, 0.1) is 20.8 Å². The highest BCUT2D eigenvalue weighted by molar-refractivity contribution is 9.10. The van der Waals surface area contributed by atoms with Crippen LogP contribution in [0.5, 0.6) is 11.5 Å². The predicted octanol–water partition coefficient (Wildman–Crippen LogP) is 5.62. The monoisotopic (exact) mass is 548 g/mol. The van der Waals surface area contributed by atoms with Crippen LogP contribution in [0.4, 0.5) is 5.69 Å². The van der Waals surface area contributed by atoms with Crippen molar-refractivity contribution in [1.82, 2.24) is 4.90 Å². The number of nitrogens with zero attached hydrogens (tertiary/aromatic N) is 1. The van der Waals surface area contributed by atoms with Gasteiger partial charge in [0.15, 0.2) is 18.1 Å². The molecule has 33 heavy (non-hydrogen) atoms. The summed E-state index contributed by atoms with van der Waals surface area (Å²) in [4.78, 5) is 27.1. The number of halogens is 1. The van der Waals surface area contributed by atoms with Gasteiger partial charge in [-0.15, -0.1) is 0 Å². The lowest BCUT2D eigenvalue weighted by molar-refractivity contribution is -0.122. The van der Waals surface area contributed by atoms with E-state index in [4.69, 9.17) is 21.7 Å². The standard InChI is InChI=1S/C24H25BrN2O4S2/c1-6-27-23(29)19(33-24(27)32)11-16-9-17(25)22(18(10-16)30-5)31-12-20(28)26-21-14(3)7-13(2)8-15(21)4/h7-11H,6,12H2,1-5H3,(H,26,28)/b19-11-. The summed E-state index contributed by atoms with van der Waals surface area (Å²) in [6, 6.07) is 7.61. The van der Waals surface area contributed by atoms with Crippen LogP contribution in [-0.4, -0.2) is 41.3 Å². The molecule has 0 radical (unpaired) electrons. The van der Waals surface area contributed by atoms with Crippen molar-refractivity contribution in [2.75, 3.05) is 25.6 Å². The molecule has 1 aliphatic rings. The van der Waals surface area contributed by atoms with E-state index >= 15 is 0 Å². The zero-order chi connectivity index (χ0) is 24.3. The third-order valence-corrected chi connectivity index (χ3v) is 7.00. The summed E-state index contributed by atoms with van der Waals surface area (Å²) in [6.07, 6.45) is 1.77. The number of likely N-dealkylation sites (N-methyl/N-ethyl adjacent to an activating group) is 1. The molecule has 0 bridgehead atoms. The Bertz CT molecular complexity index is 1140. The number of benzene rings is 2. The topological polar surface area (TPSA) is 67.9 Å². The molecule has 2 amide bonds. The van der Waals surface area contributed by atoms with Gasteiger partial charge < -0.3 is 14.8 Å². The van der Waals surface area contributed by atoms with Crippen LogP contribution in [-0.2, 0) is 9.59 Å². The van der Waals surface area contributed by atoms with Gasteiger partial charge in [0.1, 0.15) is 4.32 Å². The van der Waals surface area contributed by atoms with Crippen molar-refractivity contribution in [2.45, 2.75) is 27.7 Å². The summed E-state index contributed by atoms with van der Waals surface area (Å²) >= 11 is 10.0. The van der Waals surface area contributed by atoms with Crippen LogP contribution in [0.1, 0.15) is 29.2 Å². The number of thioether (sulfide) groups is 1. The first-order valence-electron chi connectivity index (χ1n) is 10.3. The second-order valence-electron chi connectivity index (χ2n) is 7.57. The Morgan fingerprint density at radius 2 is 1.88 bits per heavy atom. The minimum Gasteiger partial charge on any atom is -0.493 e. The maximum atomic E-state index is 12.6. The number of nitrogens with one attached hydrogen (secondary N) is 1. The van der Waals surface area contributed by atoms with Crippen LogP contribution >= 0.6 is 39.9 Å². The molecule has 1 N–H and O–H groups in total. The van der Waals surface area contributed by atoms with E-state index in [2.05, 4.69) is 21.2 Å². The van der Waals surface area contributed by atoms with E-state index in [-0.39, 0.29) is 18.4 Å².